The van der Waals surface area contributed by atoms with Crippen LogP contribution >= 0.6 is 0 Å². The number of para-hydroxylation sites is 2. The van der Waals surface area contributed by atoms with E-state index in [9.17, 15) is 9.90 Å². The van der Waals surface area contributed by atoms with Gasteiger partial charge >= 0.3 is 5.97 Å². The molecule has 1 atom stereocenters. The number of aromatic nitrogens is 2. The molecule has 0 fully saturated rings. The molecule has 1 aromatic heterocycles. The van der Waals surface area contributed by atoms with Crippen LogP contribution in [0.4, 0.5) is 0 Å². The highest BCUT2D eigenvalue weighted by Crippen LogP contribution is 2.24. The van der Waals surface area contributed by atoms with E-state index < -0.39 is 12.0 Å². The fraction of sp³-hybridized carbons (Fsp3) is 0.467. The molecule has 0 saturated heterocycles. The molecule has 0 aliphatic carbocycles. The molecule has 2 aromatic rings. The van der Waals surface area contributed by atoms with Gasteiger partial charge in [-0.05, 0) is 25.0 Å². The number of hydrogen-bond donors (Lipinski definition) is 1. The number of rotatable bonds is 6. The van der Waals surface area contributed by atoms with Gasteiger partial charge in [-0.15, -0.1) is 0 Å². The SMILES string of the molecule is CCCCc1nc2ccccc2n1C(CC)C(=O)O. The van der Waals surface area contributed by atoms with Crippen LogP contribution < -0.4 is 0 Å². The van der Waals surface area contributed by atoms with Crippen LogP contribution in [0.5, 0.6) is 0 Å². The minimum Gasteiger partial charge on any atom is -0.480 e. The Hall–Kier alpha value is -1.84. The maximum Gasteiger partial charge on any atom is 0.326 e. The molecule has 0 radical (unpaired) electrons. The van der Waals surface area contributed by atoms with Crippen molar-refractivity contribution in [2.24, 2.45) is 0 Å². The molecule has 102 valence electrons. The standard InChI is InChI=1S/C15H20N2O2/c1-3-5-10-14-16-11-8-6-7-9-13(11)17(14)12(4-2)15(18)19/h6-9,12H,3-5,10H2,1-2H3,(H,18,19). The first kappa shape index (κ1) is 13.6. The molecule has 0 aliphatic heterocycles. The van der Waals surface area contributed by atoms with E-state index in [1.54, 1.807) is 0 Å². The first-order chi connectivity index (χ1) is 9.19. The topological polar surface area (TPSA) is 55.1 Å². The van der Waals surface area contributed by atoms with Crippen LogP contribution in [0.3, 0.4) is 0 Å². The van der Waals surface area contributed by atoms with Crippen LogP contribution in [0.25, 0.3) is 11.0 Å². The van der Waals surface area contributed by atoms with Crippen LogP contribution in [-0.4, -0.2) is 20.6 Å². The number of fused-ring (bicyclic) bond motifs is 1. The number of imidazole rings is 1. The molecule has 4 heteroatoms. The van der Waals surface area contributed by atoms with Crippen molar-refractivity contribution in [1.29, 1.82) is 0 Å². The van der Waals surface area contributed by atoms with Gasteiger partial charge in [0, 0.05) is 6.42 Å². The molecule has 4 nitrogen and oxygen atoms in total. The van der Waals surface area contributed by atoms with Gasteiger partial charge in [0.15, 0.2) is 0 Å². The van der Waals surface area contributed by atoms with Gasteiger partial charge in [-0.2, -0.15) is 0 Å². The van der Waals surface area contributed by atoms with Gasteiger partial charge in [0.05, 0.1) is 11.0 Å². The third-order valence-electron chi connectivity index (χ3n) is 3.41. The number of carbonyl (C=O) groups is 1. The second kappa shape index (κ2) is 5.87. The highest BCUT2D eigenvalue weighted by Gasteiger charge is 2.22. The lowest BCUT2D eigenvalue weighted by Gasteiger charge is -2.16. The van der Waals surface area contributed by atoms with Crippen molar-refractivity contribution >= 4 is 17.0 Å². The summed E-state index contributed by atoms with van der Waals surface area (Å²) in [7, 11) is 0. The van der Waals surface area contributed by atoms with Crippen molar-refractivity contribution in [2.45, 2.75) is 45.6 Å². The first-order valence-electron chi connectivity index (χ1n) is 6.87. The molecule has 2 rings (SSSR count). The summed E-state index contributed by atoms with van der Waals surface area (Å²) in [6, 6.07) is 7.22. The number of benzene rings is 1. The summed E-state index contributed by atoms with van der Waals surface area (Å²) in [5, 5.41) is 9.41. The normalized spacial score (nSPS) is 12.7. The minimum absolute atomic E-state index is 0.528. The lowest BCUT2D eigenvalue weighted by Crippen LogP contribution is -2.20. The predicted octanol–water partition coefficient (Wildman–Crippen LogP) is 3.41. The summed E-state index contributed by atoms with van der Waals surface area (Å²) < 4.78 is 1.90. The van der Waals surface area contributed by atoms with Crippen LogP contribution in [0.1, 0.15) is 45.0 Å². The highest BCUT2D eigenvalue weighted by atomic mass is 16.4. The largest absolute Gasteiger partial charge is 0.480 e. The lowest BCUT2D eigenvalue weighted by atomic mass is 10.2. The Bertz CT molecular complexity index is 575. The average molecular weight is 260 g/mol. The second-order valence-electron chi connectivity index (χ2n) is 4.75. The minimum atomic E-state index is -0.789. The van der Waals surface area contributed by atoms with Gasteiger partial charge < -0.3 is 9.67 Å². The second-order valence-corrected chi connectivity index (χ2v) is 4.75. The fourth-order valence-electron chi connectivity index (χ4n) is 2.42. The van der Waals surface area contributed by atoms with Crippen molar-refractivity contribution in [1.82, 2.24) is 9.55 Å². The Morgan fingerprint density at radius 2 is 2.11 bits per heavy atom. The third-order valence-corrected chi connectivity index (χ3v) is 3.41. The van der Waals surface area contributed by atoms with E-state index in [0.717, 1.165) is 36.1 Å². The monoisotopic (exact) mass is 260 g/mol. The van der Waals surface area contributed by atoms with Crippen LogP contribution in [-0.2, 0) is 11.2 Å². The Kier molecular flexibility index (Phi) is 4.20. The zero-order chi connectivity index (χ0) is 13.8. The maximum absolute atomic E-state index is 11.5. The number of nitrogens with zero attached hydrogens (tertiary/aromatic N) is 2. The predicted molar refractivity (Wildman–Crippen MR) is 75.3 cm³/mol. The molecule has 1 aromatic carbocycles. The quantitative estimate of drug-likeness (QED) is 0.865. The van der Waals surface area contributed by atoms with Gasteiger partial charge in [0.2, 0.25) is 0 Å². The molecule has 19 heavy (non-hydrogen) atoms. The first-order valence-corrected chi connectivity index (χ1v) is 6.87. The molecule has 1 N–H and O–H groups in total. The molecule has 0 aliphatic rings. The van der Waals surface area contributed by atoms with Gasteiger partial charge in [0.1, 0.15) is 11.9 Å². The van der Waals surface area contributed by atoms with Gasteiger partial charge in [0.25, 0.3) is 0 Å². The number of unbranched alkanes of at least 4 members (excludes halogenated alkanes) is 1. The fourth-order valence-corrected chi connectivity index (χ4v) is 2.42. The van der Waals surface area contributed by atoms with E-state index in [1.165, 1.54) is 0 Å². The molecule has 0 saturated carbocycles. The van der Waals surface area contributed by atoms with E-state index in [0.29, 0.717) is 6.42 Å². The molecule has 1 heterocycles. The van der Waals surface area contributed by atoms with Gasteiger partial charge in [-0.3, -0.25) is 0 Å². The van der Waals surface area contributed by atoms with Crippen molar-refractivity contribution < 1.29 is 9.90 Å². The number of aliphatic carboxylic acids is 1. The molecule has 0 amide bonds. The van der Waals surface area contributed by atoms with Crippen LogP contribution in [0.2, 0.25) is 0 Å². The van der Waals surface area contributed by atoms with E-state index in [2.05, 4.69) is 11.9 Å². The summed E-state index contributed by atoms with van der Waals surface area (Å²) in [5.74, 6) is 0.0979. The van der Waals surface area contributed by atoms with Crippen molar-refractivity contribution in [2.75, 3.05) is 0 Å². The summed E-state index contributed by atoms with van der Waals surface area (Å²) in [4.78, 5) is 16.1. The third kappa shape index (κ3) is 2.62. The summed E-state index contributed by atoms with van der Waals surface area (Å²) in [5.41, 5.74) is 1.80. The van der Waals surface area contributed by atoms with E-state index in [1.807, 2.05) is 35.8 Å². The molecular formula is C15H20N2O2. The number of hydrogen-bond acceptors (Lipinski definition) is 2. The number of carboxylic acid groups (broad SMARTS) is 1. The van der Waals surface area contributed by atoms with Crippen LogP contribution in [0, 0.1) is 0 Å². The Labute approximate surface area is 113 Å². The summed E-state index contributed by atoms with van der Waals surface area (Å²) in [6.07, 6.45) is 3.50. The Morgan fingerprint density at radius 1 is 1.37 bits per heavy atom. The number of carboxylic acids is 1. The summed E-state index contributed by atoms with van der Waals surface area (Å²) >= 11 is 0. The van der Waals surface area contributed by atoms with Gasteiger partial charge in [-0.25, -0.2) is 9.78 Å². The molecule has 1 unspecified atom stereocenters. The van der Waals surface area contributed by atoms with E-state index in [4.69, 9.17) is 0 Å². The highest BCUT2D eigenvalue weighted by molar-refractivity contribution is 5.80. The van der Waals surface area contributed by atoms with E-state index >= 15 is 0 Å². The molecule has 0 bridgehead atoms. The lowest BCUT2D eigenvalue weighted by molar-refractivity contribution is -0.140. The average Bonchev–Trinajstić information content (AvgIpc) is 2.76. The number of aryl methyl sites for hydroxylation is 1. The van der Waals surface area contributed by atoms with E-state index in [-0.39, 0.29) is 0 Å². The Balaban J connectivity index is 2.56. The van der Waals surface area contributed by atoms with Gasteiger partial charge in [-0.1, -0.05) is 32.4 Å². The van der Waals surface area contributed by atoms with Crippen molar-refractivity contribution in [3.63, 3.8) is 0 Å². The van der Waals surface area contributed by atoms with Crippen molar-refractivity contribution in [3.8, 4) is 0 Å². The zero-order valence-electron chi connectivity index (χ0n) is 11.5. The smallest absolute Gasteiger partial charge is 0.326 e. The molecule has 0 spiro atoms. The molecular weight excluding hydrogens is 240 g/mol. The van der Waals surface area contributed by atoms with Crippen molar-refractivity contribution in [3.05, 3.63) is 30.1 Å². The van der Waals surface area contributed by atoms with Crippen LogP contribution in [0.15, 0.2) is 24.3 Å². The zero-order valence-corrected chi connectivity index (χ0v) is 11.5. The Morgan fingerprint density at radius 3 is 2.74 bits per heavy atom. The maximum atomic E-state index is 11.5. The summed E-state index contributed by atoms with van der Waals surface area (Å²) in [6.45, 7) is 4.03.